The molecule has 1 fully saturated rings. The molecule has 1 N–H and O–H groups in total. The van der Waals surface area contributed by atoms with E-state index in [1.54, 1.807) is 41.3 Å². The third-order valence-corrected chi connectivity index (χ3v) is 9.18. The first-order valence-corrected chi connectivity index (χ1v) is 17.0. The zero-order valence-electron chi connectivity index (χ0n) is 25.5. The van der Waals surface area contributed by atoms with Crippen molar-refractivity contribution in [2.45, 2.75) is 70.0 Å². The summed E-state index contributed by atoms with van der Waals surface area (Å²) in [5.74, 6) is -0.371. The second-order valence-corrected chi connectivity index (χ2v) is 13.2. The highest BCUT2D eigenvalue weighted by atomic mass is 32.2. The normalized spacial score (nSPS) is 14.4. The molecule has 10 heteroatoms. The van der Waals surface area contributed by atoms with Crippen molar-refractivity contribution in [3.8, 4) is 5.75 Å². The number of rotatable bonds is 14. The van der Waals surface area contributed by atoms with Crippen molar-refractivity contribution >= 4 is 27.5 Å². The summed E-state index contributed by atoms with van der Waals surface area (Å²) in [6, 6.07) is 21.5. The van der Waals surface area contributed by atoms with Gasteiger partial charge in [0.05, 0.1) is 19.1 Å². The number of carbonyl (C=O) groups excluding carboxylic acids is 2. The van der Waals surface area contributed by atoms with E-state index in [9.17, 15) is 22.4 Å². The highest BCUT2D eigenvalue weighted by molar-refractivity contribution is 7.92. The van der Waals surface area contributed by atoms with Gasteiger partial charge in [-0.15, -0.1) is 0 Å². The Labute approximate surface area is 260 Å². The number of ether oxygens (including phenoxy) is 1. The molecule has 0 aromatic heterocycles. The standard InChI is InChI=1S/C34H42FN3O5S/c1-43-31-16-9-15-30(24-31)38(44(2,41)42)22-10-17-33(39)37(25-27-18-20-28(35)21-19-27)32(23-26-11-5-3-6-12-26)34(40)36-29-13-7-4-8-14-29/h3,5-6,9,11-12,15-16,18-21,24,29,32H,4,7-8,10,13-14,17,22-23,25H2,1-2H3,(H,36,40)/t32-/m0/s1. The molecule has 44 heavy (non-hydrogen) atoms. The van der Waals surface area contributed by atoms with Crippen molar-refractivity contribution in [2.24, 2.45) is 0 Å². The number of methoxy groups -OCH3 is 1. The minimum absolute atomic E-state index is 0.0131. The van der Waals surface area contributed by atoms with Crippen molar-refractivity contribution in [1.29, 1.82) is 0 Å². The topological polar surface area (TPSA) is 96.0 Å². The fraction of sp³-hybridized carbons (Fsp3) is 0.412. The van der Waals surface area contributed by atoms with Crippen LogP contribution in [-0.4, -0.2) is 57.1 Å². The quantitative estimate of drug-likeness (QED) is 0.257. The Morgan fingerprint density at radius 1 is 0.955 bits per heavy atom. The summed E-state index contributed by atoms with van der Waals surface area (Å²) >= 11 is 0. The van der Waals surface area contributed by atoms with E-state index < -0.39 is 16.1 Å². The average molecular weight is 624 g/mol. The predicted molar refractivity (Wildman–Crippen MR) is 170 cm³/mol. The van der Waals surface area contributed by atoms with Gasteiger partial charge in [0.25, 0.3) is 0 Å². The predicted octanol–water partition coefficient (Wildman–Crippen LogP) is 5.47. The molecule has 0 heterocycles. The molecule has 1 saturated carbocycles. The largest absolute Gasteiger partial charge is 0.497 e. The van der Waals surface area contributed by atoms with E-state index >= 15 is 0 Å². The van der Waals surface area contributed by atoms with Crippen LogP contribution in [0.2, 0.25) is 0 Å². The smallest absolute Gasteiger partial charge is 0.243 e. The number of anilines is 1. The average Bonchev–Trinajstić information content (AvgIpc) is 3.02. The van der Waals surface area contributed by atoms with Gasteiger partial charge in [0.2, 0.25) is 21.8 Å². The van der Waals surface area contributed by atoms with Crippen LogP contribution in [0.1, 0.15) is 56.1 Å². The first-order valence-electron chi connectivity index (χ1n) is 15.1. The maximum Gasteiger partial charge on any atom is 0.243 e. The number of benzene rings is 3. The number of amides is 2. The summed E-state index contributed by atoms with van der Waals surface area (Å²) in [6.07, 6.45) is 6.74. The summed E-state index contributed by atoms with van der Waals surface area (Å²) in [5, 5.41) is 3.20. The number of hydrogen-bond acceptors (Lipinski definition) is 5. The number of halogens is 1. The molecule has 0 unspecified atom stereocenters. The molecule has 3 aromatic carbocycles. The van der Waals surface area contributed by atoms with Gasteiger partial charge in [0.15, 0.2) is 0 Å². The Hall–Kier alpha value is -3.92. The monoisotopic (exact) mass is 623 g/mol. The van der Waals surface area contributed by atoms with E-state index in [1.165, 1.54) is 23.5 Å². The van der Waals surface area contributed by atoms with Crippen LogP contribution >= 0.6 is 0 Å². The van der Waals surface area contributed by atoms with Crippen molar-refractivity contribution in [1.82, 2.24) is 10.2 Å². The molecule has 0 bridgehead atoms. The molecular weight excluding hydrogens is 581 g/mol. The molecule has 1 aliphatic carbocycles. The van der Waals surface area contributed by atoms with Gasteiger partial charge >= 0.3 is 0 Å². The third-order valence-electron chi connectivity index (χ3n) is 7.98. The van der Waals surface area contributed by atoms with Crippen LogP contribution in [0.5, 0.6) is 5.75 Å². The lowest BCUT2D eigenvalue weighted by Crippen LogP contribution is -2.52. The molecule has 0 radical (unpaired) electrons. The molecule has 0 aliphatic heterocycles. The molecular formula is C34H42FN3O5S. The minimum atomic E-state index is -3.65. The molecule has 4 rings (SSSR count). The molecule has 236 valence electrons. The highest BCUT2D eigenvalue weighted by Gasteiger charge is 2.32. The Bertz CT molecular complexity index is 1480. The fourth-order valence-electron chi connectivity index (χ4n) is 5.65. The van der Waals surface area contributed by atoms with Gasteiger partial charge in [-0.2, -0.15) is 0 Å². The number of sulfonamides is 1. The second kappa shape index (κ2) is 15.7. The van der Waals surface area contributed by atoms with Gasteiger partial charge in [-0.05, 0) is 54.7 Å². The Morgan fingerprint density at radius 2 is 1.66 bits per heavy atom. The van der Waals surface area contributed by atoms with Crippen LogP contribution in [-0.2, 0) is 32.6 Å². The zero-order chi connectivity index (χ0) is 31.5. The summed E-state index contributed by atoms with van der Waals surface area (Å²) in [7, 11) is -2.14. The van der Waals surface area contributed by atoms with E-state index in [0.29, 0.717) is 23.4 Å². The lowest BCUT2D eigenvalue weighted by atomic mass is 9.94. The van der Waals surface area contributed by atoms with E-state index in [-0.39, 0.29) is 49.6 Å². The van der Waals surface area contributed by atoms with Crippen molar-refractivity contribution < 1.29 is 27.1 Å². The van der Waals surface area contributed by atoms with Crippen molar-refractivity contribution in [3.63, 3.8) is 0 Å². The van der Waals surface area contributed by atoms with Crippen molar-refractivity contribution in [3.05, 3.63) is 95.8 Å². The molecule has 8 nitrogen and oxygen atoms in total. The van der Waals surface area contributed by atoms with Gasteiger partial charge < -0.3 is 15.0 Å². The summed E-state index contributed by atoms with van der Waals surface area (Å²) in [6.45, 7) is 0.181. The van der Waals surface area contributed by atoms with Gasteiger partial charge in [0.1, 0.15) is 17.6 Å². The number of nitrogens with zero attached hydrogens (tertiary/aromatic N) is 2. The Morgan fingerprint density at radius 3 is 2.32 bits per heavy atom. The fourth-order valence-corrected chi connectivity index (χ4v) is 6.61. The first-order chi connectivity index (χ1) is 21.1. The second-order valence-electron chi connectivity index (χ2n) is 11.3. The van der Waals surface area contributed by atoms with Crippen LogP contribution in [0.3, 0.4) is 0 Å². The van der Waals surface area contributed by atoms with Crippen LogP contribution in [0.4, 0.5) is 10.1 Å². The lowest BCUT2D eigenvalue weighted by Gasteiger charge is -2.34. The molecule has 1 aliphatic rings. The van der Waals surface area contributed by atoms with E-state index in [4.69, 9.17) is 4.74 Å². The lowest BCUT2D eigenvalue weighted by molar-refractivity contribution is -0.141. The van der Waals surface area contributed by atoms with E-state index in [0.717, 1.165) is 43.9 Å². The number of carbonyl (C=O) groups is 2. The van der Waals surface area contributed by atoms with E-state index in [2.05, 4.69) is 5.32 Å². The van der Waals surface area contributed by atoms with Gasteiger partial charge in [0, 0.05) is 38.0 Å². The van der Waals surface area contributed by atoms with Gasteiger partial charge in [-0.25, -0.2) is 12.8 Å². The molecule has 1 atom stereocenters. The molecule has 0 spiro atoms. The van der Waals surface area contributed by atoms with Crippen LogP contribution in [0.15, 0.2) is 78.9 Å². The summed E-state index contributed by atoms with van der Waals surface area (Å²) in [4.78, 5) is 29.5. The molecule has 3 aromatic rings. The number of nitrogens with one attached hydrogen (secondary N) is 1. The molecule has 2 amide bonds. The van der Waals surface area contributed by atoms with Crippen molar-refractivity contribution in [2.75, 3.05) is 24.2 Å². The Balaban J connectivity index is 1.58. The number of hydrogen-bond donors (Lipinski definition) is 1. The first kappa shape index (κ1) is 33.0. The van der Waals surface area contributed by atoms with E-state index in [1.807, 2.05) is 30.3 Å². The molecule has 0 saturated heterocycles. The van der Waals surface area contributed by atoms with Crippen LogP contribution in [0, 0.1) is 5.82 Å². The van der Waals surface area contributed by atoms with Gasteiger partial charge in [-0.3, -0.25) is 13.9 Å². The summed E-state index contributed by atoms with van der Waals surface area (Å²) in [5.41, 5.74) is 2.04. The maximum absolute atomic E-state index is 14.0. The maximum atomic E-state index is 14.0. The van der Waals surface area contributed by atoms with Crippen LogP contribution in [0.25, 0.3) is 0 Å². The van der Waals surface area contributed by atoms with Crippen LogP contribution < -0.4 is 14.4 Å². The Kier molecular flexibility index (Phi) is 11.8. The highest BCUT2D eigenvalue weighted by Crippen LogP contribution is 2.25. The minimum Gasteiger partial charge on any atom is -0.497 e. The SMILES string of the molecule is COc1cccc(N(CCCC(=O)N(Cc2ccc(F)cc2)[C@@H](Cc2ccccc2)C(=O)NC2CCCCC2)S(C)(=O)=O)c1. The summed E-state index contributed by atoms with van der Waals surface area (Å²) < 4.78 is 45.7. The van der Waals surface area contributed by atoms with Gasteiger partial charge in [-0.1, -0.05) is 67.8 Å². The third kappa shape index (κ3) is 9.54. The zero-order valence-corrected chi connectivity index (χ0v) is 26.3.